The number of carboxylic acid groups (broad SMARTS) is 1. The summed E-state index contributed by atoms with van der Waals surface area (Å²) in [6.45, 7) is 0. The van der Waals surface area contributed by atoms with Gasteiger partial charge in [-0.1, -0.05) is 12.1 Å². The summed E-state index contributed by atoms with van der Waals surface area (Å²) < 4.78 is 15.4. The molecule has 0 atom stereocenters. The third-order valence-corrected chi connectivity index (χ3v) is 4.52. The van der Waals surface area contributed by atoms with Crippen molar-refractivity contribution in [2.24, 2.45) is 5.10 Å². The van der Waals surface area contributed by atoms with Gasteiger partial charge in [-0.2, -0.15) is 10.2 Å². The number of para-hydroxylation sites is 1. The van der Waals surface area contributed by atoms with Crippen LogP contribution in [0.25, 0.3) is 16.9 Å². The molecule has 3 N–H and O–H groups in total. The number of carboxylic acids is 1. The van der Waals surface area contributed by atoms with E-state index in [9.17, 15) is 14.3 Å². The van der Waals surface area contributed by atoms with Gasteiger partial charge in [0.2, 0.25) is 0 Å². The smallest absolute Gasteiger partial charge is 0.335 e. The number of nitrogens with one attached hydrogen (secondary N) is 1. The van der Waals surface area contributed by atoms with Gasteiger partial charge in [-0.15, -0.1) is 0 Å². The number of hydrogen-bond donors (Lipinski definition) is 3. The molecule has 0 saturated heterocycles. The van der Waals surface area contributed by atoms with Crippen molar-refractivity contribution in [3.05, 3.63) is 95.9 Å². The van der Waals surface area contributed by atoms with Crippen molar-refractivity contribution < 1.29 is 19.4 Å². The number of hydrogen-bond acceptors (Lipinski definition) is 5. The Morgan fingerprint density at radius 3 is 2.42 bits per heavy atom. The fourth-order valence-corrected chi connectivity index (χ4v) is 2.94. The van der Waals surface area contributed by atoms with E-state index in [1.54, 1.807) is 65.5 Å². The van der Waals surface area contributed by atoms with Crippen LogP contribution in [0.3, 0.4) is 0 Å². The highest BCUT2D eigenvalue weighted by atomic mass is 19.1. The molecule has 1 heterocycles. The predicted molar refractivity (Wildman–Crippen MR) is 115 cm³/mol. The normalized spacial score (nSPS) is 11.0. The second kappa shape index (κ2) is 8.50. The molecule has 4 rings (SSSR count). The lowest BCUT2D eigenvalue weighted by Crippen LogP contribution is -1.98. The van der Waals surface area contributed by atoms with Gasteiger partial charge in [0, 0.05) is 17.3 Å². The topological polar surface area (TPSA) is 99.7 Å². The molecule has 0 bridgehead atoms. The Morgan fingerprint density at radius 2 is 1.74 bits per heavy atom. The Morgan fingerprint density at radius 1 is 1.03 bits per heavy atom. The van der Waals surface area contributed by atoms with Crippen LogP contribution in [0.5, 0.6) is 5.75 Å². The maximum absolute atomic E-state index is 13.8. The molecule has 4 aromatic rings. The molecule has 0 unspecified atom stereocenters. The van der Waals surface area contributed by atoms with Crippen LogP contribution >= 0.6 is 0 Å². The van der Waals surface area contributed by atoms with Gasteiger partial charge in [0.1, 0.15) is 17.3 Å². The largest absolute Gasteiger partial charge is 0.508 e. The quantitative estimate of drug-likeness (QED) is 0.317. The molecule has 0 amide bonds. The molecular formula is C23H17FN4O3. The van der Waals surface area contributed by atoms with Crippen LogP contribution in [0.4, 0.5) is 10.1 Å². The standard InChI is InChI=1S/C23H17FN4O3/c24-20-3-1-2-4-21(20)26-25-13-17-14-28(18-9-5-16(6-10-18)23(30)31)27-22(17)15-7-11-19(29)12-8-15/h1-14,26,29H,(H,30,31)/b25-13+. The average Bonchev–Trinajstić information content (AvgIpc) is 3.20. The molecule has 0 aliphatic heterocycles. The first-order chi connectivity index (χ1) is 15.0. The van der Waals surface area contributed by atoms with Crippen LogP contribution in [-0.2, 0) is 0 Å². The van der Waals surface area contributed by atoms with Crippen LogP contribution in [0.1, 0.15) is 15.9 Å². The third-order valence-electron chi connectivity index (χ3n) is 4.52. The van der Waals surface area contributed by atoms with E-state index in [1.165, 1.54) is 24.4 Å². The number of carbonyl (C=O) groups is 1. The van der Waals surface area contributed by atoms with Crippen molar-refractivity contribution in [2.45, 2.75) is 0 Å². The lowest BCUT2D eigenvalue weighted by Gasteiger charge is -2.02. The number of aromatic nitrogens is 2. The fourth-order valence-electron chi connectivity index (χ4n) is 2.94. The van der Waals surface area contributed by atoms with Gasteiger partial charge < -0.3 is 10.2 Å². The number of aromatic carboxylic acids is 1. The number of phenols is 1. The van der Waals surface area contributed by atoms with Crippen LogP contribution in [-0.4, -0.2) is 32.2 Å². The fraction of sp³-hybridized carbons (Fsp3) is 0. The van der Waals surface area contributed by atoms with Crippen molar-refractivity contribution in [3.63, 3.8) is 0 Å². The lowest BCUT2D eigenvalue weighted by molar-refractivity contribution is 0.0697. The monoisotopic (exact) mass is 416 g/mol. The summed E-state index contributed by atoms with van der Waals surface area (Å²) in [6.07, 6.45) is 3.24. The summed E-state index contributed by atoms with van der Waals surface area (Å²) in [6, 6.07) is 19.0. The Bertz CT molecular complexity index is 1250. The minimum Gasteiger partial charge on any atom is -0.508 e. The first-order valence-electron chi connectivity index (χ1n) is 9.27. The number of nitrogens with zero attached hydrogens (tertiary/aromatic N) is 3. The van der Waals surface area contributed by atoms with Gasteiger partial charge in [0.05, 0.1) is 23.2 Å². The van der Waals surface area contributed by atoms with E-state index in [0.29, 0.717) is 16.9 Å². The van der Waals surface area contributed by atoms with Gasteiger partial charge in [-0.05, 0) is 60.7 Å². The number of anilines is 1. The summed E-state index contributed by atoms with van der Waals surface area (Å²) in [5.41, 5.74) is 5.70. The van der Waals surface area contributed by atoms with Gasteiger partial charge in [0.15, 0.2) is 0 Å². The second-order valence-electron chi connectivity index (χ2n) is 6.63. The Kier molecular flexibility index (Phi) is 5.44. The zero-order valence-corrected chi connectivity index (χ0v) is 16.1. The minimum atomic E-state index is -1.01. The van der Waals surface area contributed by atoms with Gasteiger partial charge in [-0.25, -0.2) is 13.9 Å². The van der Waals surface area contributed by atoms with E-state index in [2.05, 4.69) is 15.6 Å². The molecular weight excluding hydrogens is 399 g/mol. The number of hydrazone groups is 1. The lowest BCUT2D eigenvalue weighted by atomic mass is 10.1. The SMILES string of the molecule is O=C(O)c1ccc(-n2cc(/C=N/Nc3ccccc3F)c(-c3ccc(O)cc3)n2)cc1. The Hall–Kier alpha value is -4.46. The van der Waals surface area contributed by atoms with Crippen molar-refractivity contribution in [1.29, 1.82) is 0 Å². The molecule has 0 aliphatic rings. The number of rotatable bonds is 6. The zero-order valence-electron chi connectivity index (χ0n) is 16.1. The molecule has 154 valence electrons. The van der Waals surface area contributed by atoms with Crippen molar-refractivity contribution in [3.8, 4) is 22.7 Å². The molecule has 0 spiro atoms. The van der Waals surface area contributed by atoms with E-state index in [4.69, 9.17) is 5.11 Å². The first kappa shape index (κ1) is 19.8. The molecule has 0 saturated carbocycles. The Balaban J connectivity index is 1.70. The number of phenolic OH excluding ortho intramolecular Hbond substituents is 1. The predicted octanol–water partition coefficient (Wildman–Crippen LogP) is 4.53. The van der Waals surface area contributed by atoms with Gasteiger partial charge in [-0.3, -0.25) is 5.43 Å². The summed E-state index contributed by atoms with van der Waals surface area (Å²) in [5, 5.41) is 27.4. The van der Waals surface area contributed by atoms with E-state index in [1.807, 2.05) is 0 Å². The van der Waals surface area contributed by atoms with Gasteiger partial charge in [0.25, 0.3) is 0 Å². The minimum absolute atomic E-state index is 0.129. The molecule has 7 nitrogen and oxygen atoms in total. The zero-order chi connectivity index (χ0) is 21.8. The summed E-state index contributed by atoms with van der Waals surface area (Å²) in [5.74, 6) is -1.31. The molecule has 0 fully saturated rings. The van der Waals surface area contributed by atoms with Crippen molar-refractivity contribution >= 4 is 17.9 Å². The number of halogens is 1. The van der Waals surface area contributed by atoms with Crippen molar-refractivity contribution in [1.82, 2.24) is 9.78 Å². The maximum Gasteiger partial charge on any atom is 0.335 e. The molecule has 0 aliphatic carbocycles. The van der Waals surface area contributed by atoms with E-state index < -0.39 is 11.8 Å². The highest BCUT2D eigenvalue weighted by Crippen LogP contribution is 2.25. The van der Waals surface area contributed by atoms with Crippen LogP contribution in [0, 0.1) is 5.82 Å². The van der Waals surface area contributed by atoms with Crippen molar-refractivity contribution in [2.75, 3.05) is 5.43 Å². The van der Waals surface area contributed by atoms with Gasteiger partial charge >= 0.3 is 5.97 Å². The summed E-state index contributed by atoms with van der Waals surface area (Å²) in [4.78, 5) is 11.1. The average molecular weight is 416 g/mol. The number of benzene rings is 3. The van der Waals surface area contributed by atoms with E-state index in [0.717, 1.165) is 5.56 Å². The van der Waals surface area contributed by atoms with Crippen LogP contribution in [0.2, 0.25) is 0 Å². The summed E-state index contributed by atoms with van der Waals surface area (Å²) in [7, 11) is 0. The molecule has 31 heavy (non-hydrogen) atoms. The molecule has 3 aromatic carbocycles. The molecule has 1 aromatic heterocycles. The second-order valence-corrected chi connectivity index (χ2v) is 6.63. The Labute approximate surface area is 176 Å². The highest BCUT2D eigenvalue weighted by Gasteiger charge is 2.12. The first-order valence-corrected chi connectivity index (χ1v) is 9.27. The highest BCUT2D eigenvalue weighted by molar-refractivity contribution is 5.89. The molecule has 0 radical (unpaired) electrons. The number of aromatic hydroxyl groups is 1. The third kappa shape index (κ3) is 4.43. The molecule has 8 heteroatoms. The maximum atomic E-state index is 13.8. The van der Waals surface area contributed by atoms with E-state index >= 15 is 0 Å². The van der Waals surface area contributed by atoms with Crippen LogP contribution in [0.15, 0.2) is 84.1 Å². The van der Waals surface area contributed by atoms with E-state index in [-0.39, 0.29) is 17.0 Å². The van der Waals surface area contributed by atoms with Crippen LogP contribution < -0.4 is 5.43 Å². The summed E-state index contributed by atoms with van der Waals surface area (Å²) >= 11 is 0.